The third kappa shape index (κ3) is 20.5. The van der Waals surface area contributed by atoms with Gasteiger partial charge in [-0.25, -0.2) is 0 Å². The van der Waals surface area contributed by atoms with Crippen molar-refractivity contribution in [1.82, 2.24) is 21.3 Å². The van der Waals surface area contributed by atoms with E-state index in [1.54, 1.807) is 23.5 Å². The monoisotopic (exact) mass is 496 g/mol. The molecule has 0 aliphatic heterocycles. The quantitative estimate of drug-likeness (QED) is 0.330. The highest BCUT2D eigenvalue weighted by Crippen LogP contribution is 2.11. The predicted molar refractivity (Wildman–Crippen MR) is 141 cm³/mol. The Kier molecular flexibility index (Phi) is 18.5. The summed E-state index contributed by atoms with van der Waals surface area (Å²) in [7, 11) is 0. The molecule has 0 rings (SSSR count). The second-order valence-corrected chi connectivity index (χ2v) is 11.8. The summed E-state index contributed by atoms with van der Waals surface area (Å²) >= 11 is 3.32. The van der Waals surface area contributed by atoms with Crippen LogP contribution in [0.3, 0.4) is 0 Å². The Morgan fingerprint density at radius 3 is 1.06 bits per heavy atom. The Bertz CT molecular complexity index is 545. The number of hydrogen-bond acceptors (Lipinski definition) is 6. The van der Waals surface area contributed by atoms with E-state index in [1.807, 2.05) is 27.7 Å². The molecule has 192 valence electrons. The van der Waals surface area contributed by atoms with E-state index in [9.17, 15) is 19.2 Å². The van der Waals surface area contributed by atoms with Crippen LogP contribution in [-0.2, 0) is 19.2 Å². The van der Waals surface area contributed by atoms with Crippen LogP contribution < -0.4 is 21.3 Å². The molecular weight excluding hydrogens is 448 g/mol. The number of hydrogen-bond donors (Lipinski definition) is 4. The number of nitrogens with one attached hydrogen (secondary N) is 4. The Labute approximate surface area is 205 Å². The normalized spacial score (nSPS) is 12.7. The van der Waals surface area contributed by atoms with Gasteiger partial charge in [-0.15, -0.1) is 0 Å². The van der Waals surface area contributed by atoms with Gasteiger partial charge in [0.25, 0.3) is 0 Å². The number of rotatable bonds is 12. The predicted octanol–water partition coefficient (Wildman–Crippen LogP) is 2.81. The average Bonchev–Trinajstić information content (AvgIpc) is 2.60. The molecule has 0 spiro atoms. The Morgan fingerprint density at radius 1 is 0.594 bits per heavy atom. The topological polar surface area (TPSA) is 116 Å². The molecule has 0 fully saturated rings. The fourth-order valence-electron chi connectivity index (χ4n) is 2.20. The molecule has 0 saturated heterocycles. The third-order valence-electron chi connectivity index (χ3n) is 3.44. The summed E-state index contributed by atoms with van der Waals surface area (Å²) in [6, 6.07) is -0.694. The lowest BCUT2D eigenvalue weighted by Crippen LogP contribution is -2.49. The molecule has 10 heteroatoms. The van der Waals surface area contributed by atoms with Crippen LogP contribution in [0.1, 0.15) is 72.1 Å². The summed E-state index contributed by atoms with van der Waals surface area (Å²) in [6.07, 6.45) is 0. The van der Waals surface area contributed by atoms with E-state index in [2.05, 4.69) is 49.0 Å². The average molecular weight is 497 g/mol. The van der Waals surface area contributed by atoms with Gasteiger partial charge >= 0.3 is 0 Å². The molecular formula is C22H48N4O4S2. The van der Waals surface area contributed by atoms with Crippen LogP contribution in [-0.4, -0.2) is 69.8 Å². The first kappa shape index (κ1) is 32.8. The van der Waals surface area contributed by atoms with Crippen molar-refractivity contribution in [1.29, 1.82) is 0 Å². The van der Waals surface area contributed by atoms with Gasteiger partial charge in [0, 0.05) is 40.3 Å². The van der Waals surface area contributed by atoms with Gasteiger partial charge in [0.15, 0.2) is 0 Å². The lowest BCUT2D eigenvalue weighted by Gasteiger charge is -2.19. The van der Waals surface area contributed by atoms with E-state index in [0.29, 0.717) is 22.0 Å². The fraction of sp³-hybridized carbons (Fsp3) is 0.818. The zero-order valence-electron chi connectivity index (χ0n) is 21.3. The minimum Gasteiger partial charge on any atom is -0.352 e. The number of carbonyl (C=O) groups is 4. The number of amides is 4. The van der Waals surface area contributed by atoms with E-state index in [1.165, 1.54) is 13.8 Å². The highest BCUT2D eigenvalue weighted by atomic mass is 32.2. The summed E-state index contributed by atoms with van der Waals surface area (Å²) in [5.74, 6) is 0.643. The van der Waals surface area contributed by atoms with E-state index in [4.69, 9.17) is 0 Å². The van der Waals surface area contributed by atoms with Crippen molar-refractivity contribution >= 4 is 47.2 Å². The molecule has 2 unspecified atom stereocenters. The van der Waals surface area contributed by atoms with Gasteiger partial charge < -0.3 is 21.3 Å². The van der Waals surface area contributed by atoms with Crippen molar-refractivity contribution in [2.75, 3.05) is 11.5 Å². The van der Waals surface area contributed by atoms with Crippen LogP contribution in [0.15, 0.2) is 0 Å². The smallest absolute Gasteiger partial charge is 0.243 e. The van der Waals surface area contributed by atoms with Crippen molar-refractivity contribution in [2.45, 2.75) is 104 Å². The molecule has 4 amide bonds. The van der Waals surface area contributed by atoms with Gasteiger partial charge in [-0.05, 0) is 38.2 Å². The lowest BCUT2D eigenvalue weighted by atomic mass is 10.3. The molecule has 0 radical (unpaired) electrons. The van der Waals surface area contributed by atoms with Gasteiger partial charge in [0.2, 0.25) is 23.6 Å². The second kappa shape index (κ2) is 18.1. The summed E-state index contributed by atoms with van der Waals surface area (Å²) in [5, 5.41) is 11.8. The van der Waals surface area contributed by atoms with Crippen molar-refractivity contribution in [3.05, 3.63) is 0 Å². The summed E-state index contributed by atoms with van der Waals surface area (Å²) in [6.45, 7) is 18.7. The van der Waals surface area contributed by atoms with Crippen molar-refractivity contribution < 1.29 is 22.0 Å². The lowest BCUT2D eigenvalue weighted by molar-refractivity contribution is -0.127. The van der Waals surface area contributed by atoms with Crippen LogP contribution in [0, 0.1) is 0 Å². The minimum absolute atomic E-state index is 0. The first-order valence-electron chi connectivity index (χ1n) is 11.0. The maximum absolute atomic E-state index is 11.8. The van der Waals surface area contributed by atoms with E-state index in [0.717, 1.165) is 0 Å². The van der Waals surface area contributed by atoms with Crippen LogP contribution in [0.5, 0.6) is 0 Å². The molecule has 0 saturated carbocycles. The summed E-state index contributed by atoms with van der Waals surface area (Å²) in [5.41, 5.74) is 0. The standard InChI is InChI=1S/2C11H22N2O2S.2H2/c2*1-7(2)12-11(15)10(13-9(5)14)6-16-8(3)4;;/h2*7-8,10H,6H2,1-5H3,(H,12,15)(H,13,14);2*1H. The highest BCUT2D eigenvalue weighted by Gasteiger charge is 2.21. The highest BCUT2D eigenvalue weighted by molar-refractivity contribution is 8.00. The molecule has 32 heavy (non-hydrogen) atoms. The Morgan fingerprint density at radius 2 is 0.875 bits per heavy atom. The number of thioether (sulfide) groups is 2. The van der Waals surface area contributed by atoms with E-state index >= 15 is 0 Å². The zero-order valence-corrected chi connectivity index (χ0v) is 23.0. The fourth-order valence-corrected chi connectivity index (χ4v) is 3.83. The molecule has 0 aromatic rings. The van der Waals surface area contributed by atoms with E-state index < -0.39 is 12.1 Å². The molecule has 4 N–H and O–H groups in total. The van der Waals surface area contributed by atoms with Crippen LogP contribution in [0.2, 0.25) is 0 Å². The molecule has 2 atom stereocenters. The van der Waals surface area contributed by atoms with E-state index in [-0.39, 0.29) is 38.6 Å². The minimum atomic E-state index is -0.438. The van der Waals surface area contributed by atoms with Crippen molar-refractivity contribution in [2.24, 2.45) is 0 Å². The van der Waals surface area contributed by atoms with Crippen LogP contribution in [0.25, 0.3) is 0 Å². The third-order valence-corrected chi connectivity index (χ3v) is 5.83. The van der Waals surface area contributed by atoms with Crippen LogP contribution >= 0.6 is 23.5 Å². The van der Waals surface area contributed by atoms with Gasteiger partial charge in [0.1, 0.15) is 12.1 Å². The summed E-state index contributed by atoms with van der Waals surface area (Å²) < 4.78 is 0. The van der Waals surface area contributed by atoms with Crippen molar-refractivity contribution in [3.63, 3.8) is 0 Å². The Balaban J connectivity index is -0.000000250. The number of carbonyl (C=O) groups excluding carboxylic acids is 4. The zero-order chi connectivity index (χ0) is 25.4. The largest absolute Gasteiger partial charge is 0.352 e. The molecule has 0 bridgehead atoms. The maximum atomic E-state index is 11.8. The molecule has 0 aromatic carbocycles. The SMILES string of the molecule is CC(=O)NC(CSC(C)C)C(=O)NC(C)C.CC(=O)NC(CSC(C)C)C(=O)NC(C)C.[HH].[HH]. The maximum Gasteiger partial charge on any atom is 0.243 e. The molecule has 0 aliphatic carbocycles. The molecule has 0 aliphatic rings. The molecule has 0 aromatic heterocycles. The van der Waals surface area contributed by atoms with Crippen molar-refractivity contribution in [3.8, 4) is 0 Å². The first-order valence-corrected chi connectivity index (χ1v) is 13.1. The van der Waals surface area contributed by atoms with Gasteiger partial charge in [-0.2, -0.15) is 23.5 Å². The summed E-state index contributed by atoms with van der Waals surface area (Å²) in [4.78, 5) is 45.5. The Hall–Kier alpha value is -1.42. The van der Waals surface area contributed by atoms with Gasteiger partial charge in [0.05, 0.1) is 0 Å². The molecule has 8 nitrogen and oxygen atoms in total. The molecule has 0 heterocycles. The van der Waals surface area contributed by atoms with Crippen LogP contribution in [0.4, 0.5) is 0 Å². The van der Waals surface area contributed by atoms with Gasteiger partial charge in [-0.3, -0.25) is 19.2 Å². The first-order chi connectivity index (χ1) is 14.6. The van der Waals surface area contributed by atoms with Gasteiger partial charge in [-0.1, -0.05) is 27.7 Å². The second-order valence-electron chi connectivity index (χ2n) is 8.60.